The number of ketones is 1. The lowest BCUT2D eigenvalue weighted by molar-refractivity contribution is -0.139. The van der Waals surface area contributed by atoms with Crippen LogP contribution in [-0.4, -0.2) is 42.3 Å². The van der Waals surface area contributed by atoms with Crippen molar-refractivity contribution in [3.8, 4) is 0 Å². The van der Waals surface area contributed by atoms with Crippen molar-refractivity contribution in [2.45, 2.75) is 198 Å². The molecule has 0 aliphatic carbocycles. The summed E-state index contributed by atoms with van der Waals surface area (Å²) in [6.45, 7) is 4.18. The summed E-state index contributed by atoms with van der Waals surface area (Å²) in [6.07, 6.45) is 32.1. The molecule has 5 atom stereocenters. The third-order valence-corrected chi connectivity index (χ3v) is 9.04. The van der Waals surface area contributed by atoms with E-state index in [0.717, 1.165) is 89.0 Å². The van der Waals surface area contributed by atoms with Crippen molar-refractivity contribution in [3.63, 3.8) is 0 Å². The van der Waals surface area contributed by atoms with Gasteiger partial charge < -0.3 is 14.2 Å². The number of hydrogen-bond acceptors (Lipinski definition) is 5. The molecule has 3 aliphatic rings. The quantitative estimate of drug-likeness (QED) is 0.0569. The van der Waals surface area contributed by atoms with Crippen LogP contribution < -0.4 is 0 Å². The fourth-order valence-electron chi connectivity index (χ4n) is 6.31. The second kappa shape index (κ2) is 19.8. The second-order valence-corrected chi connectivity index (χ2v) is 12.8. The number of unbranched alkanes of at least 4 members (excludes halogenated alkanes) is 14. The number of epoxide rings is 2. The van der Waals surface area contributed by atoms with Gasteiger partial charge >= 0.3 is 5.97 Å². The predicted octanol–water partition coefficient (Wildman–Crippen LogP) is 9.34. The zero-order valence-electron chi connectivity index (χ0n) is 26.0. The van der Waals surface area contributed by atoms with Crippen molar-refractivity contribution in [1.82, 2.24) is 0 Å². The Hall–Kier alpha value is -1.20. The van der Waals surface area contributed by atoms with Gasteiger partial charge in [0.05, 0.1) is 24.4 Å². The minimum absolute atomic E-state index is 0.0638. The van der Waals surface area contributed by atoms with Crippen LogP contribution in [0.15, 0.2) is 11.6 Å². The molecular weight excluding hydrogens is 500 g/mol. The maximum Gasteiger partial charge on any atom is 0.334 e. The molecule has 230 valence electrons. The molecule has 5 heteroatoms. The van der Waals surface area contributed by atoms with Crippen LogP contribution in [0.4, 0.5) is 0 Å². The van der Waals surface area contributed by atoms with Gasteiger partial charge in [-0.3, -0.25) is 4.79 Å². The van der Waals surface area contributed by atoms with E-state index in [1.54, 1.807) is 0 Å². The van der Waals surface area contributed by atoms with E-state index in [1.807, 2.05) is 13.0 Å². The third-order valence-electron chi connectivity index (χ3n) is 9.04. The van der Waals surface area contributed by atoms with Gasteiger partial charge in [-0.05, 0) is 64.4 Å². The highest BCUT2D eigenvalue weighted by Gasteiger charge is 2.42. The van der Waals surface area contributed by atoms with Gasteiger partial charge in [0, 0.05) is 18.4 Å². The van der Waals surface area contributed by atoms with E-state index in [2.05, 4.69) is 6.92 Å². The molecule has 1 unspecified atom stereocenters. The summed E-state index contributed by atoms with van der Waals surface area (Å²) in [5, 5.41) is 0. The number of rotatable bonds is 27. The van der Waals surface area contributed by atoms with Crippen molar-refractivity contribution >= 4 is 11.8 Å². The number of ether oxygens (including phenoxy) is 3. The predicted molar refractivity (Wildman–Crippen MR) is 162 cm³/mol. The first-order valence-electron chi connectivity index (χ1n) is 17.3. The topological polar surface area (TPSA) is 68.4 Å². The van der Waals surface area contributed by atoms with Crippen LogP contribution in [-0.2, 0) is 23.8 Å². The summed E-state index contributed by atoms with van der Waals surface area (Å²) >= 11 is 0. The second-order valence-electron chi connectivity index (χ2n) is 12.8. The Morgan fingerprint density at radius 2 is 1.07 bits per heavy atom. The first kappa shape index (κ1) is 33.3. The molecule has 0 N–H and O–H groups in total. The molecule has 0 aromatic rings. The Kier molecular flexibility index (Phi) is 16.5. The Labute approximate surface area is 245 Å². The molecule has 40 heavy (non-hydrogen) atoms. The third kappa shape index (κ3) is 14.6. The summed E-state index contributed by atoms with van der Waals surface area (Å²) < 4.78 is 16.9. The Morgan fingerprint density at radius 3 is 1.62 bits per heavy atom. The van der Waals surface area contributed by atoms with Gasteiger partial charge in [0.25, 0.3) is 0 Å². The van der Waals surface area contributed by atoms with Crippen molar-refractivity contribution < 1.29 is 23.8 Å². The highest BCUT2D eigenvalue weighted by molar-refractivity contribution is 5.90. The van der Waals surface area contributed by atoms with Crippen LogP contribution in [0, 0.1) is 0 Å². The van der Waals surface area contributed by atoms with E-state index in [0.29, 0.717) is 30.2 Å². The molecule has 0 radical (unpaired) electrons. The zero-order valence-corrected chi connectivity index (χ0v) is 26.0. The minimum atomic E-state index is -0.141. The molecule has 5 nitrogen and oxygen atoms in total. The molecule has 0 aromatic heterocycles. The average Bonchev–Trinajstić information content (AvgIpc) is 3.84. The molecule has 3 rings (SSSR count). The SMILES string of the molecule is CCCCCCCCCCCC[C@H]1O[C@H]1CC[C@H]1O[C@H]1CCCCC(=O)CCCCCCCC1=CC(C)OC1=O. The van der Waals surface area contributed by atoms with Gasteiger partial charge in [-0.15, -0.1) is 0 Å². The van der Waals surface area contributed by atoms with E-state index < -0.39 is 0 Å². The molecule has 3 heterocycles. The number of carbonyl (C=O) groups is 2. The molecule has 0 aromatic carbocycles. The number of Topliss-reactive ketones (excluding diaryl/α,β-unsaturated/α-hetero) is 1. The van der Waals surface area contributed by atoms with Crippen LogP contribution >= 0.6 is 0 Å². The lowest BCUT2D eigenvalue weighted by Crippen LogP contribution is -2.03. The summed E-state index contributed by atoms with van der Waals surface area (Å²) in [5.41, 5.74) is 0.839. The fraction of sp³-hybridized carbons (Fsp3) is 0.886. The van der Waals surface area contributed by atoms with Gasteiger partial charge in [0.2, 0.25) is 0 Å². The van der Waals surface area contributed by atoms with E-state index >= 15 is 0 Å². The lowest BCUT2D eigenvalue weighted by atomic mass is 10.0. The van der Waals surface area contributed by atoms with Crippen molar-refractivity contribution in [2.75, 3.05) is 0 Å². The van der Waals surface area contributed by atoms with Gasteiger partial charge in [-0.25, -0.2) is 4.79 Å². The molecule has 0 saturated carbocycles. The van der Waals surface area contributed by atoms with E-state index in [-0.39, 0.29) is 12.1 Å². The first-order valence-corrected chi connectivity index (χ1v) is 17.3. The van der Waals surface area contributed by atoms with Crippen LogP contribution in [0.25, 0.3) is 0 Å². The van der Waals surface area contributed by atoms with Crippen LogP contribution in [0.3, 0.4) is 0 Å². The van der Waals surface area contributed by atoms with E-state index in [4.69, 9.17) is 14.2 Å². The molecule has 2 fully saturated rings. The fourth-order valence-corrected chi connectivity index (χ4v) is 6.31. The number of hydrogen-bond donors (Lipinski definition) is 0. The Bertz CT molecular complexity index is 746. The van der Waals surface area contributed by atoms with Crippen LogP contribution in [0.5, 0.6) is 0 Å². The molecule has 0 amide bonds. The standard InChI is InChI=1S/C35H60O5/c1-3-4-5-6-7-8-9-10-14-17-23-31-33(39-31)25-26-34-32(40-34)24-19-18-22-30(36)21-16-13-11-12-15-20-29-27-28(2)38-35(29)37/h27-28,31-34H,3-26H2,1-2H3/t28?,31-,32+,33+,34-/m1/s1. The lowest BCUT2D eigenvalue weighted by Gasteiger charge is -2.03. The van der Waals surface area contributed by atoms with Gasteiger partial charge in [-0.1, -0.05) is 96.8 Å². The van der Waals surface area contributed by atoms with Gasteiger partial charge in [-0.2, -0.15) is 0 Å². The highest BCUT2D eigenvalue weighted by atomic mass is 16.6. The summed E-state index contributed by atoms with van der Waals surface area (Å²) in [4.78, 5) is 23.8. The summed E-state index contributed by atoms with van der Waals surface area (Å²) in [5.74, 6) is 0.276. The molecule has 3 aliphatic heterocycles. The first-order chi connectivity index (χ1) is 19.6. The zero-order chi connectivity index (χ0) is 28.4. The molecular formula is C35H60O5. The van der Waals surface area contributed by atoms with Crippen molar-refractivity contribution in [1.29, 1.82) is 0 Å². The maximum atomic E-state index is 12.2. The smallest absolute Gasteiger partial charge is 0.334 e. The summed E-state index contributed by atoms with van der Waals surface area (Å²) in [6, 6.07) is 0. The summed E-state index contributed by atoms with van der Waals surface area (Å²) in [7, 11) is 0. The number of carbonyl (C=O) groups excluding carboxylic acids is 2. The van der Waals surface area contributed by atoms with E-state index in [1.165, 1.54) is 70.6 Å². The Morgan fingerprint density at radius 1 is 0.625 bits per heavy atom. The monoisotopic (exact) mass is 560 g/mol. The van der Waals surface area contributed by atoms with Crippen LogP contribution in [0.2, 0.25) is 0 Å². The normalized spacial score (nSPS) is 25.2. The average molecular weight is 561 g/mol. The highest BCUT2D eigenvalue weighted by Crippen LogP contribution is 2.37. The molecule has 0 spiro atoms. The maximum absolute atomic E-state index is 12.2. The van der Waals surface area contributed by atoms with E-state index in [9.17, 15) is 9.59 Å². The number of cyclic esters (lactones) is 1. The van der Waals surface area contributed by atoms with Gasteiger partial charge in [0.15, 0.2) is 0 Å². The van der Waals surface area contributed by atoms with Gasteiger partial charge in [0.1, 0.15) is 11.9 Å². The van der Waals surface area contributed by atoms with Crippen LogP contribution in [0.1, 0.15) is 168 Å². The minimum Gasteiger partial charge on any atom is -0.455 e. The van der Waals surface area contributed by atoms with Crippen molar-refractivity contribution in [2.24, 2.45) is 0 Å². The van der Waals surface area contributed by atoms with Crippen molar-refractivity contribution in [3.05, 3.63) is 11.6 Å². The largest absolute Gasteiger partial charge is 0.455 e. The number of esters is 1. The molecule has 0 bridgehead atoms. The molecule has 2 saturated heterocycles. The Balaban J connectivity index is 1.02.